The van der Waals surface area contributed by atoms with E-state index in [0.29, 0.717) is 11.3 Å². The largest absolute Gasteiger partial charge is 0.457 e. The summed E-state index contributed by atoms with van der Waals surface area (Å²) in [7, 11) is 0. The van der Waals surface area contributed by atoms with Gasteiger partial charge >= 0.3 is 5.97 Å². The molecule has 92 valence electrons. The number of carbonyl (C=O) groups is 2. The summed E-state index contributed by atoms with van der Waals surface area (Å²) < 4.78 is 10.1. The van der Waals surface area contributed by atoms with Gasteiger partial charge in [-0.25, -0.2) is 0 Å². The lowest BCUT2D eigenvalue weighted by atomic mass is 9.98. The van der Waals surface area contributed by atoms with Crippen molar-refractivity contribution >= 4 is 12.3 Å². The smallest absolute Gasteiger partial charge is 0.314 e. The van der Waals surface area contributed by atoms with Gasteiger partial charge < -0.3 is 9.47 Å². The third-order valence-corrected chi connectivity index (χ3v) is 2.04. The fraction of sp³-hybridized carbons (Fsp3) is 0.385. The van der Waals surface area contributed by atoms with Crippen molar-refractivity contribution in [2.75, 3.05) is 6.79 Å². The van der Waals surface area contributed by atoms with E-state index < -0.39 is 5.41 Å². The van der Waals surface area contributed by atoms with E-state index in [4.69, 9.17) is 9.47 Å². The van der Waals surface area contributed by atoms with Gasteiger partial charge in [0.05, 0.1) is 5.41 Å². The second-order valence-corrected chi connectivity index (χ2v) is 4.63. The Labute approximate surface area is 101 Å². The van der Waals surface area contributed by atoms with Gasteiger partial charge in [0.1, 0.15) is 12.0 Å². The predicted octanol–water partition coefficient (Wildman–Crippen LogP) is 2.42. The maximum Gasteiger partial charge on any atom is 0.314 e. The van der Waals surface area contributed by atoms with Crippen molar-refractivity contribution in [3.63, 3.8) is 0 Å². The average Bonchev–Trinajstić information content (AvgIpc) is 2.28. The summed E-state index contributed by atoms with van der Waals surface area (Å²) in [5.41, 5.74) is 0.0362. The first-order valence-electron chi connectivity index (χ1n) is 5.29. The topological polar surface area (TPSA) is 52.6 Å². The van der Waals surface area contributed by atoms with Gasteiger partial charge in [0, 0.05) is 5.56 Å². The molecule has 0 aliphatic carbocycles. The summed E-state index contributed by atoms with van der Waals surface area (Å²) in [6.45, 7) is 5.19. The number of hydrogen-bond acceptors (Lipinski definition) is 4. The van der Waals surface area contributed by atoms with E-state index in [0.717, 1.165) is 6.29 Å². The normalized spacial score (nSPS) is 10.8. The quantitative estimate of drug-likeness (QED) is 0.457. The van der Waals surface area contributed by atoms with E-state index in [-0.39, 0.29) is 12.8 Å². The maximum atomic E-state index is 11.4. The lowest BCUT2D eigenvalue weighted by Crippen LogP contribution is -2.24. The Balaban J connectivity index is 2.41. The lowest BCUT2D eigenvalue weighted by Gasteiger charge is -2.16. The number of esters is 1. The molecule has 0 bridgehead atoms. The summed E-state index contributed by atoms with van der Waals surface area (Å²) in [5, 5.41) is 0. The van der Waals surface area contributed by atoms with Crippen LogP contribution in [0.5, 0.6) is 5.75 Å². The molecule has 0 saturated heterocycles. The van der Waals surface area contributed by atoms with Gasteiger partial charge in [-0.1, -0.05) is 0 Å². The van der Waals surface area contributed by atoms with Crippen molar-refractivity contribution in [2.45, 2.75) is 20.8 Å². The van der Waals surface area contributed by atoms with E-state index in [9.17, 15) is 9.59 Å². The van der Waals surface area contributed by atoms with Crippen molar-refractivity contribution in [3.05, 3.63) is 29.8 Å². The molecule has 0 amide bonds. The van der Waals surface area contributed by atoms with E-state index in [2.05, 4.69) is 0 Å². The van der Waals surface area contributed by atoms with Crippen LogP contribution in [0.2, 0.25) is 0 Å². The zero-order chi connectivity index (χ0) is 12.9. The zero-order valence-corrected chi connectivity index (χ0v) is 10.2. The van der Waals surface area contributed by atoms with Crippen molar-refractivity contribution in [1.82, 2.24) is 0 Å². The second-order valence-electron chi connectivity index (χ2n) is 4.63. The first-order chi connectivity index (χ1) is 7.93. The van der Waals surface area contributed by atoms with Crippen molar-refractivity contribution in [1.29, 1.82) is 0 Å². The Morgan fingerprint density at radius 1 is 1.24 bits per heavy atom. The molecule has 0 atom stereocenters. The summed E-state index contributed by atoms with van der Waals surface area (Å²) in [6, 6.07) is 6.56. The Bertz CT molecular complexity index is 387. The summed E-state index contributed by atoms with van der Waals surface area (Å²) >= 11 is 0. The molecule has 0 spiro atoms. The SMILES string of the molecule is CC(C)(C)C(=O)OCOc1ccc(C=O)cc1. The maximum absolute atomic E-state index is 11.4. The van der Waals surface area contributed by atoms with Crippen LogP contribution < -0.4 is 4.74 Å². The molecular formula is C13H16O4. The Hall–Kier alpha value is -1.84. The minimum absolute atomic E-state index is 0.128. The standard InChI is InChI=1S/C13H16O4/c1-13(2,3)12(15)17-9-16-11-6-4-10(8-14)5-7-11/h4-8H,9H2,1-3H3. The van der Waals surface area contributed by atoms with E-state index >= 15 is 0 Å². The molecule has 1 aromatic rings. The molecule has 0 unspecified atom stereocenters. The first-order valence-corrected chi connectivity index (χ1v) is 5.29. The number of ether oxygens (including phenoxy) is 2. The highest BCUT2D eigenvalue weighted by Crippen LogP contribution is 2.16. The van der Waals surface area contributed by atoms with Gasteiger partial charge in [-0.15, -0.1) is 0 Å². The van der Waals surface area contributed by atoms with Gasteiger partial charge in [0.2, 0.25) is 6.79 Å². The Morgan fingerprint density at radius 3 is 2.29 bits per heavy atom. The zero-order valence-electron chi connectivity index (χ0n) is 10.2. The molecule has 0 aliphatic rings. The fourth-order valence-electron chi connectivity index (χ4n) is 1.01. The monoisotopic (exact) mass is 236 g/mol. The molecule has 0 aliphatic heterocycles. The molecule has 0 heterocycles. The molecule has 0 fully saturated rings. The van der Waals surface area contributed by atoms with E-state index in [1.54, 1.807) is 45.0 Å². The van der Waals surface area contributed by atoms with Crippen molar-refractivity contribution in [3.8, 4) is 5.75 Å². The highest BCUT2D eigenvalue weighted by molar-refractivity contribution is 5.75. The Kier molecular flexibility index (Phi) is 4.26. The van der Waals surface area contributed by atoms with Crippen LogP contribution in [0.15, 0.2) is 24.3 Å². The van der Waals surface area contributed by atoms with Crippen molar-refractivity contribution in [2.24, 2.45) is 5.41 Å². The summed E-state index contributed by atoms with van der Waals surface area (Å²) in [4.78, 5) is 21.8. The number of hydrogen-bond donors (Lipinski definition) is 0. The molecule has 0 radical (unpaired) electrons. The van der Waals surface area contributed by atoms with Gasteiger partial charge in [-0.3, -0.25) is 9.59 Å². The molecule has 4 heteroatoms. The number of carbonyl (C=O) groups excluding carboxylic acids is 2. The minimum atomic E-state index is -0.537. The summed E-state index contributed by atoms with van der Waals surface area (Å²) in [6.07, 6.45) is 0.753. The molecule has 0 saturated carbocycles. The molecule has 0 aromatic heterocycles. The van der Waals surface area contributed by atoms with Crippen LogP contribution in [0.4, 0.5) is 0 Å². The molecule has 17 heavy (non-hydrogen) atoms. The van der Waals surface area contributed by atoms with Crippen LogP contribution in [-0.4, -0.2) is 19.0 Å². The molecule has 4 nitrogen and oxygen atoms in total. The van der Waals surface area contributed by atoms with Crippen LogP contribution in [-0.2, 0) is 9.53 Å². The number of benzene rings is 1. The van der Waals surface area contributed by atoms with E-state index in [1.807, 2.05) is 0 Å². The Morgan fingerprint density at radius 2 is 1.82 bits per heavy atom. The van der Waals surface area contributed by atoms with Crippen molar-refractivity contribution < 1.29 is 19.1 Å². The average molecular weight is 236 g/mol. The number of rotatable bonds is 4. The fourth-order valence-corrected chi connectivity index (χ4v) is 1.01. The van der Waals surface area contributed by atoms with Gasteiger partial charge in [0.25, 0.3) is 0 Å². The minimum Gasteiger partial charge on any atom is -0.457 e. The first kappa shape index (κ1) is 13.2. The van der Waals surface area contributed by atoms with Crippen LogP contribution in [0, 0.1) is 5.41 Å². The third kappa shape index (κ3) is 4.26. The van der Waals surface area contributed by atoms with Crippen LogP contribution >= 0.6 is 0 Å². The summed E-state index contributed by atoms with van der Waals surface area (Å²) in [5.74, 6) is 0.235. The van der Waals surface area contributed by atoms with Crippen LogP contribution in [0.3, 0.4) is 0 Å². The molecule has 1 rings (SSSR count). The van der Waals surface area contributed by atoms with E-state index in [1.165, 1.54) is 0 Å². The second kappa shape index (κ2) is 5.48. The third-order valence-electron chi connectivity index (χ3n) is 2.04. The molecular weight excluding hydrogens is 220 g/mol. The van der Waals surface area contributed by atoms with Gasteiger partial charge in [0.15, 0.2) is 0 Å². The number of aldehydes is 1. The molecule has 0 N–H and O–H groups in total. The van der Waals surface area contributed by atoms with Crippen LogP contribution in [0.25, 0.3) is 0 Å². The highest BCUT2D eigenvalue weighted by Gasteiger charge is 2.22. The van der Waals surface area contributed by atoms with Gasteiger partial charge in [-0.2, -0.15) is 0 Å². The van der Waals surface area contributed by atoms with Crippen LogP contribution in [0.1, 0.15) is 31.1 Å². The highest BCUT2D eigenvalue weighted by atomic mass is 16.7. The molecule has 1 aromatic carbocycles. The predicted molar refractivity (Wildman–Crippen MR) is 62.9 cm³/mol. The lowest BCUT2D eigenvalue weighted by molar-refractivity contribution is -0.159. The van der Waals surface area contributed by atoms with Gasteiger partial charge in [-0.05, 0) is 45.0 Å².